The second-order valence-corrected chi connectivity index (χ2v) is 6.15. The molecular weight excluding hydrogens is 226 g/mol. The van der Waals surface area contributed by atoms with Crippen LogP contribution >= 0.6 is 0 Å². The predicted molar refractivity (Wildman–Crippen MR) is 70.9 cm³/mol. The molecule has 98 valence electrons. The molecule has 2 aliphatic rings. The van der Waals surface area contributed by atoms with E-state index in [2.05, 4.69) is 25.8 Å². The van der Waals surface area contributed by atoms with Gasteiger partial charge in [-0.05, 0) is 37.7 Å². The van der Waals surface area contributed by atoms with Crippen LogP contribution in [0.3, 0.4) is 0 Å². The first kappa shape index (κ1) is 11.8. The molecular formula is C15H21NO2. The Kier molecular flexibility index (Phi) is 2.72. The number of aromatic nitrogens is 1. The Bertz CT molecular complexity index is 507. The Morgan fingerprint density at radius 2 is 2.06 bits per heavy atom. The number of hydrogen-bond acceptors (Lipinski definition) is 2. The highest BCUT2D eigenvalue weighted by molar-refractivity contribution is 5.37. The third kappa shape index (κ3) is 1.68. The van der Waals surface area contributed by atoms with Crippen LogP contribution in [0.25, 0.3) is 0 Å². The van der Waals surface area contributed by atoms with Gasteiger partial charge in [0.15, 0.2) is 0 Å². The second-order valence-electron chi connectivity index (χ2n) is 6.15. The standard InChI is InChI=1S/C15H21NO2/c1-8-6-9(2)13-11(7-8)10(3)18-12-4-5-16-15(17)14(12)13/h4-5,8-11,13H,6-7H2,1-3H3,(H,16,17). The van der Waals surface area contributed by atoms with Gasteiger partial charge in [0.1, 0.15) is 5.75 Å². The third-order valence-electron chi connectivity index (χ3n) is 4.73. The van der Waals surface area contributed by atoms with Crippen LogP contribution in [0.1, 0.15) is 45.1 Å². The highest BCUT2D eigenvalue weighted by atomic mass is 16.5. The Balaban J connectivity index is 2.11. The van der Waals surface area contributed by atoms with Crippen LogP contribution in [0.2, 0.25) is 0 Å². The van der Waals surface area contributed by atoms with Gasteiger partial charge < -0.3 is 9.72 Å². The van der Waals surface area contributed by atoms with Crippen LogP contribution in [0.15, 0.2) is 17.1 Å². The summed E-state index contributed by atoms with van der Waals surface area (Å²) in [6.07, 6.45) is 4.28. The van der Waals surface area contributed by atoms with Gasteiger partial charge in [-0.15, -0.1) is 0 Å². The number of fused-ring (bicyclic) bond motifs is 3. The summed E-state index contributed by atoms with van der Waals surface area (Å²) in [5.41, 5.74) is 0.927. The topological polar surface area (TPSA) is 42.1 Å². The molecule has 2 heterocycles. The summed E-state index contributed by atoms with van der Waals surface area (Å²) < 4.78 is 5.96. The minimum atomic E-state index is 0.0378. The molecule has 1 fully saturated rings. The molecule has 5 atom stereocenters. The lowest BCUT2D eigenvalue weighted by Gasteiger charge is -2.45. The van der Waals surface area contributed by atoms with Crippen molar-refractivity contribution in [2.24, 2.45) is 17.8 Å². The van der Waals surface area contributed by atoms with E-state index in [9.17, 15) is 4.79 Å². The van der Waals surface area contributed by atoms with Gasteiger partial charge in [0.25, 0.3) is 5.56 Å². The molecule has 3 rings (SSSR count). The van der Waals surface area contributed by atoms with Crippen molar-refractivity contribution in [2.45, 2.75) is 45.6 Å². The molecule has 18 heavy (non-hydrogen) atoms. The van der Waals surface area contributed by atoms with E-state index in [0.717, 1.165) is 17.2 Å². The lowest BCUT2D eigenvalue weighted by atomic mass is 9.64. The van der Waals surface area contributed by atoms with Crippen LogP contribution in [-0.4, -0.2) is 11.1 Å². The summed E-state index contributed by atoms with van der Waals surface area (Å²) in [6, 6.07) is 1.90. The zero-order chi connectivity index (χ0) is 12.9. The van der Waals surface area contributed by atoms with Crippen LogP contribution in [0.5, 0.6) is 5.75 Å². The maximum atomic E-state index is 12.1. The minimum absolute atomic E-state index is 0.0378. The average molecular weight is 247 g/mol. The number of rotatable bonds is 0. The van der Waals surface area contributed by atoms with Gasteiger partial charge in [-0.1, -0.05) is 13.8 Å². The maximum absolute atomic E-state index is 12.1. The van der Waals surface area contributed by atoms with Crippen molar-refractivity contribution in [3.8, 4) is 5.75 Å². The summed E-state index contributed by atoms with van der Waals surface area (Å²) in [4.78, 5) is 14.9. The van der Waals surface area contributed by atoms with Crippen molar-refractivity contribution in [1.29, 1.82) is 0 Å². The highest BCUT2D eigenvalue weighted by Crippen LogP contribution is 2.50. The molecule has 1 aliphatic carbocycles. The van der Waals surface area contributed by atoms with Crippen LogP contribution < -0.4 is 10.3 Å². The van der Waals surface area contributed by atoms with Crippen molar-refractivity contribution in [1.82, 2.24) is 4.98 Å². The first-order valence-electron chi connectivity index (χ1n) is 6.96. The fraction of sp³-hybridized carbons (Fsp3) is 0.667. The quantitative estimate of drug-likeness (QED) is 0.766. The summed E-state index contributed by atoms with van der Waals surface area (Å²) in [5, 5.41) is 0. The zero-order valence-corrected chi connectivity index (χ0v) is 11.3. The van der Waals surface area contributed by atoms with E-state index in [0.29, 0.717) is 17.8 Å². The molecule has 0 amide bonds. The fourth-order valence-electron chi connectivity index (χ4n) is 4.07. The van der Waals surface area contributed by atoms with Gasteiger partial charge in [-0.25, -0.2) is 0 Å². The number of pyridine rings is 1. The largest absolute Gasteiger partial charge is 0.490 e. The number of H-pyrrole nitrogens is 1. The van der Waals surface area contributed by atoms with Gasteiger partial charge in [0, 0.05) is 18.0 Å². The molecule has 1 aromatic heterocycles. The molecule has 1 saturated carbocycles. The zero-order valence-electron chi connectivity index (χ0n) is 11.3. The van der Waals surface area contributed by atoms with E-state index in [1.165, 1.54) is 12.8 Å². The van der Waals surface area contributed by atoms with E-state index < -0.39 is 0 Å². The van der Waals surface area contributed by atoms with E-state index in [1.54, 1.807) is 6.20 Å². The Morgan fingerprint density at radius 1 is 1.28 bits per heavy atom. The first-order chi connectivity index (χ1) is 8.58. The van der Waals surface area contributed by atoms with E-state index in [1.807, 2.05) is 6.07 Å². The van der Waals surface area contributed by atoms with Gasteiger partial charge in [-0.2, -0.15) is 0 Å². The van der Waals surface area contributed by atoms with Gasteiger partial charge in [0.2, 0.25) is 0 Å². The summed E-state index contributed by atoms with van der Waals surface area (Å²) in [5.74, 6) is 2.95. The van der Waals surface area contributed by atoms with Crippen molar-refractivity contribution < 1.29 is 4.74 Å². The predicted octanol–water partition coefficient (Wildman–Crippen LogP) is 2.92. The molecule has 0 saturated heterocycles. The minimum Gasteiger partial charge on any atom is -0.490 e. The average Bonchev–Trinajstić information content (AvgIpc) is 2.29. The fourth-order valence-corrected chi connectivity index (χ4v) is 4.07. The molecule has 0 bridgehead atoms. The van der Waals surface area contributed by atoms with Crippen LogP contribution in [0.4, 0.5) is 0 Å². The summed E-state index contributed by atoms with van der Waals surface area (Å²) >= 11 is 0. The van der Waals surface area contributed by atoms with E-state index in [-0.39, 0.29) is 11.7 Å². The molecule has 3 heteroatoms. The molecule has 1 N–H and O–H groups in total. The van der Waals surface area contributed by atoms with E-state index >= 15 is 0 Å². The lowest BCUT2D eigenvalue weighted by Crippen LogP contribution is -2.43. The van der Waals surface area contributed by atoms with Crippen molar-refractivity contribution in [3.63, 3.8) is 0 Å². The second kappa shape index (κ2) is 4.15. The van der Waals surface area contributed by atoms with Crippen molar-refractivity contribution in [3.05, 3.63) is 28.2 Å². The maximum Gasteiger partial charge on any atom is 0.255 e. The molecule has 1 aromatic rings. The van der Waals surface area contributed by atoms with E-state index in [4.69, 9.17) is 4.74 Å². The number of hydrogen-bond donors (Lipinski definition) is 1. The van der Waals surface area contributed by atoms with Gasteiger partial charge in [0.05, 0.1) is 11.7 Å². The molecule has 5 unspecified atom stereocenters. The molecule has 1 aliphatic heterocycles. The Morgan fingerprint density at radius 3 is 2.83 bits per heavy atom. The monoisotopic (exact) mass is 247 g/mol. The van der Waals surface area contributed by atoms with Gasteiger partial charge >= 0.3 is 0 Å². The Labute approximate surface area is 108 Å². The molecule has 0 aromatic carbocycles. The smallest absolute Gasteiger partial charge is 0.255 e. The lowest BCUT2D eigenvalue weighted by molar-refractivity contribution is 0.0418. The number of aromatic amines is 1. The molecule has 3 nitrogen and oxygen atoms in total. The van der Waals surface area contributed by atoms with Crippen molar-refractivity contribution in [2.75, 3.05) is 0 Å². The van der Waals surface area contributed by atoms with Crippen LogP contribution in [0, 0.1) is 17.8 Å². The van der Waals surface area contributed by atoms with Crippen molar-refractivity contribution >= 4 is 0 Å². The third-order valence-corrected chi connectivity index (χ3v) is 4.73. The normalized spacial score (nSPS) is 38.5. The highest BCUT2D eigenvalue weighted by Gasteiger charge is 2.44. The molecule has 0 radical (unpaired) electrons. The first-order valence-corrected chi connectivity index (χ1v) is 6.96. The Hall–Kier alpha value is -1.25. The molecule has 0 spiro atoms. The summed E-state index contributed by atoms with van der Waals surface area (Å²) in [6.45, 7) is 6.73. The number of ether oxygens (including phenoxy) is 1. The van der Waals surface area contributed by atoms with Gasteiger partial charge in [-0.3, -0.25) is 4.79 Å². The number of nitrogens with one attached hydrogen (secondary N) is 1. The van der Waals surface area contributed by atoms with Crippen LogP contribution in [-0.2, 0) is 0 Å². The summed E-state index contributed by atoms with van der Waals surface area (Å²) in [7, 11) is 0. The SMILES string of the molecule is CC1CC(C)C2c3c(cc[nH]c3=O)OC(C)C2C1.